The van der Waals surface area contributed by atoms with Gasteiger partial charge in [-0.1, -0.05) is 30.3 Å². The molecule has 2 rings (SSSR count). The Kier molecular flexibility index (Phi) is 13.5. The molecule has 9 N–H and O–H groups in total. The fourth-order valence-electron chi connectivity index (χ4n) is 4.17. The molecule has 1 saturated heterocycles. The average Bonchev–Trinajstić information content (AvgIpc) is 3.47. The first kappa shape index (κ1) is 33.5. The van der Waals surface area contributed by atoms with Crippen molar-refractivity contribution in [3.05, 3.63) is 35.9 Å². The maximum absolute atomic E-state index is 13.4. The molecule has 0 unspecified atom stereocenters. The molecular weight excluding hydrogens is 556 g/mol. The van der Waals surface area contributed by atoms with E-state index >= 15 is 0 Å². The molecule has 1 aliphatic heterocycles. The van der Waals surface area contributed by atoms with E-state index in [4.69, 9.17) is 5.73 Å². The molecule has 1 fully saturated rings. The van der Waals surface area contributed by atoms with E-state index in [1.54, 1.807) is 30.3 Å². The lowest BCUT2D eigenvalue weighted by Crippen LogP contribution is -2.60. The molecular formula is C26H38N6O8S. The molecule has 1 aromatic rings. The summed E-state index contributed by atoms with van der Waals surface area (Å²) < 4.78 is 0. The first-order valence-corrected chi connectivity index (χ1v) is 13.8. The Bertz CT molecular complexity index is 1080. The van der Waals surface area contributed by atoms with Crippen LogP contribution >= 0.6 is 12.6 Å². The summed E-state index contributed by atoms with van der Waals surface area (Å²) in [6.45, 7) is 1.93. The molecule has 0 radical (unpaired) electrons. The van der Waals surface area contributed by atoms with Crippen LogP contribution in [0.5, 0.6) is 0 Å². The fourth-order valence-corrected chi connectivity index (χ4v) is 4.42. The van der Waals surface area contributed by atoms with Crippen LogP contribution in [0.25, 0.3) is 0 Å². The number of aliphatic hydroxyl groups excluding tert-OH is 1. The number of carboxylic acid groups (broad SMARTS) is 1. The Morgan fingerprint density at radius 3 is 2.12 bits per heavy atom. The molecule has 41 heavy (non-hydrogen) atoms. The maximum atomic E-state index is 13.4. The van der Waals surface area contributed by atoms with Crippen molar-refractivity contribution in [1.82, 2.24) is 26.6 Å². The molecule has 6 atom stereocenters. The highest BCUT2D eigenvalue weighted by molar-refractivity contribution is 7.80. The van der Waals surface area contributed by atoms with Crippen molar-refractivity contribution in [2.24, 2.45) is 5.73 Å². The normalized spacial score (nSPS) is 18.2. The summed E-state index contributed by atoms with van der Waals surface area (Å²) >= 11 is 3.94. The standard InChI is InChI=1S/C26H38N6O8S/c1-14(33)21(32-22(35)16-8-5-11-28-16)25(38)29-17(9-10-20(27)34)23(36)30-18(12-15-6-3-2-4-7-15)24(37)31-19(13-41)26(39)40/h2-4,6-7,14,16-19,21,28,33,41H,5,8-13H2,1H3,(H2,27,34)(H,29,38)(H,30,36)(H,31,37)(H,32,35)(H,39,40)/t14-,16+,17+,18+,19+,21+/m1/s1. The van der Waals surface area contributed by atoms with Gasteiger partial charge in [-0.3, -0.25) is 24.0 Å². The van der Waals surface area contributed by atoms with Crippen LogP contribution in [-0.2, 0) is 35.2 Å². The van der Waals surface area contributed by atoms with Crippen molar-refractivity contribution >= 4 is 48.1 Å². The number of nitrogens with one attached hydrogen (secondary N) is 5. The first-order chi connectivity index (χ1) is 19.4. The van der Waals surface area contributed by atoms with E-state index in [1.165, 1.54) is 6.92 Å². The minimum Gasteiger partial charge on any atom is -0.480 e. The van der Waals surface area contributed by atoms with Crippen LogP contribution in [0.3, 0.4) is 0 Å². The molecule has 0 aromatic heterocycles. The number of amides is 5. The van der Waals surface area contributed by atoms with E-state index < -0.39 is 71.8 Å². The summed E-state index contributed by atoms with van der Waals surface area (Å²) in [5, 5.41) is 32.3. The summed E-state index contributed by atoms with van der Waals surface area (Å²) in [5.74, 6) is -5.30. The van der Waals surface area contributed by atoms with Crippen molar-refractivity contribution < 1.29 is 39.0 Å². The van der Waals surface area contributed by atoms with Crippen molar-refractivity contribution in [3.8, 4) is 0 Å². The van der Waals surface area contributed by atoms with Gasteiger partial charge in [0.25, 0.3) is 0 Å². The van der Waals surface area contributed by atoms with Gasteiger partial charge in [0, 0.05) is 18.6 Å². The Balaban J connectivity index is 2.23. The van der Waals surface area contributed by atoms with Crippen molar-refractivity contribution in [3.63, 3.8) is 0 Å². The molecule has 0 bridgehead atoms. The van der Waals surface area contributed by atoms with Gasteiger partial charge in [-0.05, 0) is 38.3 Å². The average molecular weight is 595 g/mol. The zero-order valence-corrected chi connectivity index (χ0v) is 23.6. The minimum atomic E-state index is -1.41. The number of carbonyl (C=O) groups is 6. The maximum Gasteiger partial charge on any atom is 0.327 e. The van der Waals surface area contributed by atoms with Gasteiger partial charge in [-0.25, -0.2) is 4.79 Å². The summed E-state index contributed by atoms with van der Waals surface area (Å²) in [5.41, 5.74) is 5.90. The van der Waals surface area contributed by atoms with E-state index in [9.17, 15) is 39.0 Å². The van der Waals surface area contributed by atoms with Gasteiger partial charge >= 0.3 is 5.97 Å². The minimum absolute atomic E-state index is 0.0193. The van der Waals surface area contributed by atoms with Gasteiger partial charge in [0.2, 0.25) is 29.5 Å². The zero-order valence-electron chi connectivity index (χ0n) is 22.7. The number of hydrogen-bond donors (Lipinski definition) is 9. The number of rotatable bonds is 16. The third kappa shape index (κ3) is 11.0. The third-order valence-electron chi connectivity index (χ3n) is 6.46. The number of benzene rings is 1. The molecule has 0 saturated carbocycles. The van der Waals surface area contributed by atoms with E-state index in [1.807, 2.05) is 0 Å². The number of nitrogens with two attached hydrogens (primary N) is 1. The third-order valence-corrected chi connectivity index (χ3v) is 6.83. The lowest BCUT2D eigenvalue weighted by atomic mass is 10.0. The molecule has 14 nitrogen and oxygen atoms in total. The second kappa shape index (κ2) is 16.5. The molecule has 1 aliphatic rings. The zero-order chi connectivity index (χ0) is 30.5. The largest absolute Gasteiger partial charge is 0.480 e. The van der Waals surface area contributed by atoms with Gasteiger partial charge in [-0.15, -0.1) is 0 Å². The second-order valence-electron chi connectivity index (χ2n) is 9.77. The molecule has 1 aromatic carbocycles. The molecule has 226 valence electrons. The van der Waals surface area contributed by atoms with E-state index in [0.717, 1.165) is 6.42 Å². The Morgan fingerprint density at radius 2 is 1.59 bits per heavy atom. The van der Waals surface area contributed by atoms with Gasteiger partial charge in [0.05, 0.1) is 12.1 Å². The number of carboxylic acids is 1. The SMILES string of the molecule is C[C@@H](O)[C@H](NC(=O)[C@@H]1CCCN1)C(=O)N[C@@H](CCC(N)=O)C(=O)N[C@@H](Cc1ccccc1)C(=O)N[C@@H](CS)C(=O)O. The molecule has 5 amide bonds. The first-order valence-electron chi connectivity index (χ1n) is 13.2. The van der Waals surface area contributed by atoms with Crippen LogP contribution in [0.15, 0.2) is 30.3 Å². The van der Waals surface area contributed by atoms with Crippen LogP contribution in [-0.4, -0.2) is 94.3 Å². The van der Waals surface area contributed by atoms with Crippen LogP contribution in [0.4, 0.5) is 0 Å². The van der Waals surface area contributed by atoms with E-state index in [-0.39, 0.29) is 25.0 Å². The van der Waals surface area contributed by atoms with Gasteiger partial charge < -0.3 is 42.5 Å². The van der Waals surface area contributed by atoms with Crippen LogP contribution < -0.4 is 32.3 Å². The summed E-state index contributed by atoms with van der Waals surface area (Å²) in [6, 6.07) is 2.71. The summed E-state index contributed by atoms with van der Waals surface area (Å²) in [6.07, 6.45) is -0.555. The van der Waals surface area contributed by atoms with Crippen molar-refractivity contribution in [1.29, 1.82) is 0 Å². The van der Waals surface area contributed by atoms with E-state index in [0.29, 0.717) is 18.5 Å². The van der Waals surface area contributed by atoms with Crippen molar-refractivity contribution in [2.75, 3.05) is 12.3 Å². The quantitative estimate of drug-likeness (QED) is 0.0926. The van der Waals surface area contributed by atoms with Gasteiger partial charge in [0.15, 0.2) is 0 Å². The highest BCUT2D eigenvalue weighted by Gasteiger charge is 2.34. The number of hydrogen-bond acceptors (Lipinski definition) is 9. The summed E-state index contributed by atoms with van der Waals surface area (Å²) in [4.78, 5) is 75.0. The number of primary amides is 1. The monoisotopic (exact) mass is 594 g/mol. The van der Waals surface area contributed by atoms with Crippen LogP contribution in [0.2, 0.25) is 0 Å². The highest BCUT2D eigenvalue weighted by Crippen LogP contribution is 2.09. The number of thiol groups is 1. The van der Waals surface area contributed by atoms with Gasteiger partial charge in [0.1, 0.15) is 24.2 Å². The van der Waals surface area contributed by atoms with Crippen molar-refractivity contribution in [2.45, 2.75) is 75.3 Å². The Hall–Kier alpha value is -3.69. The Morgan fingerprint density at radius 1 is 0.976 bits per heavy atom. The summed E-state index contributed by atoms with van der Waals surface area (Å²) in [7, 11) is 0. The lowest BCUT2D eigenvalue weighted by molar-refractivity contribution is -0.141. The van der Waals surface area contributed by atoms with Gasteiger partial charge in [-0.2, -0.15) is 12.6 Å². The van der Waals surface area contributed by atoms with Crippen LogP contribution in [0.1, 0.15) is 38.2 Å². The molecule has 1 heterocycles. The molecule has 0 spiro atoms. The highest BCUT2D eigenvalue weighted by atomic mass is 32.1. The lowest BCUT2D eigenvalue weighted by Gasteiger charge is -2.27. The predicted molar refractivity (Wildman–Crippen MR) is 150 cm³/mol. The number of aliphatic hydroxyl groups is 1. The molecule has 0 aliphatic carbocycles. The Labute approximate surface area is 243 Å². The smallest absolute Gasteiger partial charge is 0.327 e. The second-order valence-corrected chi connectivity index (χ2v) is 10.1. The topological polar surface area (TPSA) is 229 Å². The predicted octanol–water partition coefficient (Wildman–Crippen LogP) is -2.42. The molecule has 15 heteroatoms. The van der Waals surface area contributed by atoms with E-state index in [2.05, 4.69) is 39.2 Å². The number of aliphatic carboxylic acids is 1. The van der Waals surface area contributed by atoms with Crippen LogP contribution in [0, 0.1) is 0 Å². The number of carbonyl (C=O) groups excluding carboxylic acids is 5. The fraction of sp³-hybridized carbons (Fsp3) is 0.538.